The second-order valence-corrected chi connectivity index (χ2v) is 6.74. The van der Waals surface area contributed by atoms with Crippen molar-refractivity contribution < 1.29 is 0 Å². The summed E-state index contributed by atoms with van der Waals surface area (Å²) in [4.78, 5) is 7.21. The molecule has 1 aromatic rings. The molecule has 4 heteroatoms. The van der Waals surface area contributed by atoms with E-state index in [1.54, 1.807) is 11.3 Å². The Morgan fingerprint density at radius 3 is 3.00 bits per heavy atom. The van der Waals surface area contributed by atoms with Crippen molar-refractivity contribution in [3.8, 4) is 0 Å². The Balaban J connectivity index is 1.41. The van der Waals surface area contributed by atoms with Crippen molar-refractivity contribution in [2.45, 2.75) is 57.7 Å². The second-order valence-electron chi connectivity index (χ2n) is 5.80. The Morgan fingerprint density at radius 1 is 1.50 bits per heavy atom. The van der Waals surface area contributed by atoms with Gasteiger partial charge in [0.15, 0.2) is 0 Å². The molecule has 2 unspecified atom stereocenters. The Morgan fingerprint density at radius 2 is 2.33 bits per heavy atom. The van der Waals surface area contributed by atoms with Gasteiger partial charge in [0.2, 0.25) is 0 Å². The summed E-state index contributed by atoms with van der Waals surface area (Å²) in [6.45, 7) is 6.77. The van der Waals surface area contributed by atoms with Crippen molar-refractivity contribution in [2.75, 3.05) is 13.1 Å². The first kappa shape index (κ1) is 12.6. The first-order valence-corrected chi connectivity index (χ1v) is 8.00. The Kier molecular flexibility index (Phi) is 3.68. The predicted molar refractivity (Wildman–Crippen MR) is 76.2 cm³/mol. The van der Waals surface area contributed by atoms with Crippen molar-refractivity contribution >= 4 is 11.3 Å². The third kappa shape index (κ3) is 2.92. The van der Waals surface area contributed by atoms with E-state index in [4.69, 9.17) is 0 Å². The lowest BCUT2D eigenvalue weighted by molar-refractivity contribution is 0.255. The highest BCUT2D eigenvalue weighted by atomic mass is 32.1. The highest BCUT2D eigenvalue weighted by molar-refractivity contribution is 7.09. The first-order chi connectivity index (χ1) is 8.72. The fraction of sp³-hybridized carbons (Fsp3) is 0.786. The summed E-state index contributed by atoms with van der Waals surface area (Å²) in [5.74, 6) is 0. The van der Waals surface area contributed by atoms with E-state index in [0.29, 0.717) is 6.04 Å². The summed E-state index contributed by atoms with van der Waals surface area (Å²) in [6.07, 6.45) is 5.24. The molecule has 2 aliphatic rings. The van der Waals surface area contributed by atoms with Gasteiger partial charge in [0.25, 0.3) is 0 Å². The molecule has 1 aliphatic carbocycles. The molecule has 1 aliphatic heterocycles. The smallest absolute Gasteiger partial charge is 0.0940 e. The monoisotopic (exact) mass is 265 g/mol. The maximum atomic E-state index is 4.51. The van der Waals surface area contributed by atoms with Crippen LogP contribution in [-0.2, 0) is 6.42 Å². The van der Waals surface area contributed by atoms with Crippen LogP contribution in [0.25, 0.3) is 0 Å². The molecular weight excluding hydrogens is 242 g/mol. The third-order valence-corrected chi connectivity index (χ3v) is 5.10. The van der Waals surface area contributed by atoms with Gasteiger partial charge >= 0.3 is 0 Å². The maximum Gasteiger partial charge on any atom is 0.0940 e. The van der Waals surface area contributed by atoms with Crippen molar-refractivity contribution in [1.82, 2.24) is 15.2 Å². The fourth-order valence-electron chi connectivity index (χ4n) is 3.02. The van der Waals surface area contributed by atoms with Gasteiger partial charge in [-0.2, -0.15) is 0 Å². The van der Waals surface area contributed by atoms with Crippen LogP contribution >= 0.6 is 11.3 Å². The molecule has 2 heterocycles. The topological polar surface area (TPSA) is 28.2 Å². The van der Waals surface area contributed by atoms with E-state index in [2.05, 4.69) is 34.4 Å². The molecule has 0 aromatic carbocycles. The van der Waals surface area contributed by atoms with E-state index in [0.717, 1.165) is 30.7 Å². The molecule has 3 nitrogen and oxygen atoms in total. The Hall–Kier alpha value is -0.450. The normalized spacial score (nSPS) is 29.0. The first-order valence-electron chi connectivity index (χ1n) is 7.12. The molecule has 100 valence electrons. The minimum Gasteiger partial charge on any atom is -0.312 e. The second kappa shape index (κ2) is 5.27. The number of nitrogens with one attached hydrogen (secondary N) is 1. The number of hydrogen-bond acceptors (Lipinski definition) is 4. The van der Waals surface area contributed by atoms with Gasteiger partial charge in [-0.15, -0.1) is 11.3 Å². The van der Waals surface area contributed by atoms with Crippen LogP contribution in [0.2, 0.25) is 0 Å². The van der Waals surface area contributed by atoms with Crippen molar-refractivity contribution in [3.63, 3.8) is 0 Å². The SMILES string of the molecule is Cc1csc(CCNC2CC(C)N(C3CC3)C2)n1. The van der Waals surface area contributed by atoms with E-state index in [1.807, 2.05) is 0 Å². The van der Waals surface area contributed by atoms with Crippen LogP contribution in [0.1, 0.15) is 36.9 Å². The molecule has 0 amide bonds. The summed E-state index contributed by atoms with van der Waals surface area (Å²) < 4.78 is 0. The van der Waals surface area contributed by atoms with Crippen LogP contribution in [-0.4, -0.2) is 41.1 Å². The summed E-state index contributed by atoms with van der Waals surface area (Å²) >= 11 is 1.79. The Labute approximate surface area is 114 Å². The van der Waals surface area contributed by atoms with Gasteiger partial charge in [-0.25, -0.2) is 4.98 Å². The van der Waals surface area contributed by atoms with Gasteiger partial charge in [0.1, 0.15) is 0 Å². The summed E-state index contributed by atoms with van der Waals surface area (Å²) in [6, 6.07) is 2.38. The average Bonchev–Trinajstić information content (AvgIpc) is 3.00. The van der Waals surface area contributed by atoms with Gasteiger partial charge in [0, 0.05) is 48.7 Å². The maximum absolute atomic E-state index is 4.51. The highest BCUT2D eigenvalue weighted by Crippen LogP contribution is 2.33. The van der Waals surface area contributed by atoms with E-state index in [1.165, 1.54) is 30.8 Å². The van der Waals surface area contributed by atoms with Crippen LogP contribution in [0.15, 0.2) is 5.38 Å². The molecule has 2 fully saturated rings. The molecule has 1 saturated heterocycles. The third-order valence-electron chi connectivity index (χ3n) is 4.08. The molecule has 1 aromatic heterocycles. The number of hydrogen-bond donors (Lipinski definition) is 1. The number of aromatic nitrogens is 1. The Bertz CT molecular complexity index is 399. The van der Waals surface area contributed by atoms with E-state index in [-0.39, 0.29) is 0 Å². The van der Waals surface area contributed by atoms with Crippen molar-refractivity contribution in [3.05, 3.63) is 16.1 Å². The molecule has 2 atom stereocenters. The van der Waals surface area contributed by atoms with Gasteiger partial charge in [-0.05, 0) is 33.1 Å². The van der Waals surface area contributed by atoms with Crippen LogP contribution in [0.5, 0.6) is 0 Å². The quantitative estimate of drug-likeness (QED) is 0.885. The molecule has 0 spiro atoms. The van der Waals surface area contributed by atoms with Gasteiger partial charge in [-0.1, -0.05) is 0 Å². The van der Waals surface area contributed by atoms with Crippen molar-refractivity contribution in [1.29, 1.82) is 0 Å². The number of nitrogens with zero attached hydrogens (tertiary/aromatic N) is 2. The molecule has 0 radical (unpaired) electrons. The molecule has 3 rings (SSSR count). The van der Waals surface area contributed by atoms with Crippen LogP contribution in [0.3, 0.4) is 0 Å². The molecule has 1 N–H and O–H groups in total. The van der Waals surface area contributed by atoms with Gasteiger partial charge in [0.05, 0.1) is 5.01 Å². The molecular formula is C14H23N3S. The van der Waals surface area contributed by atoms with E-state index >= 15 is 0 Å². The molecule has 18 heavy (non-hydrogen) atoms. The number of likely N-dealkylation sites (tertiary alicyclic amines) is 1. The lowest BCUT2D eigenvalue weighted by Crippen LogP contribution is -2.35. The lowest BCUT2D eigenvalue weighted by atomic mass is 10.2. The zero-order valence-electron chi connectivity index (χ0n) is 11.4. The summed E-state index contributed by atoms with van der Waals surface area (Å²) in [5, 5.41) is 7.12. The van der Waals surface area contributed by atoms with Crippen LogP contribution < -0.4 is 5.32 Å². The fourth-order valence-corrected chi connectivity index (χ4v) is 3.80. The van der Waals surface area contributed by atoms with Gasteiger partial charge < -0.3 is 5.32 Å². The zero-order chi connectivity index (χ0) is 12.5. The molecule has 0 bridgehead atoms. The van der Waals surface area contributed by atoms with Crippen LogP contribution in [0, 0.1) is 6.92 Å². The lowest BCUT2D eigenvalue weighted by Gasteiger charge is -2.19. The average molecular weight is 265 g/mol. The predicted octanol–water partition coefficient (Wildman–Crippen LogP) is 2.21. The summed E-state index contributed by atoms with van der Waals surface area (Å²) in [5.41, 5.74) is 1.16. The zero-order valence-corrected chi connectivity index (χ0v) is 12.2. The van der Waals surface area contributed by atoms with Gasteiger partial charge in [-0.3, -0.25) is 4.90 Å². The number of thiazole rings is 1. The standard InChI is InChI=1S/C14H23N3S/c1-10-9-18-14(16-10)5-6-15-12-7-11(2)17(8-12)13-3-4-13/h9,11-13,15H,3-8H2,1-2H3. The number of aryl methyl sites for hydroxylation is 1. The number of rotatable bonds is 5. The highest BCUT2D eigenvalue weighted by Gasteiger charge is 2.38. The largest absolute Gasteiger partial charge is 0.312 e. The minimum absolute atomic E-state index is 0.696. The van der Waals surface area contributed by atoms with Crippen molar-refractivity contribution in [2.24, 2.45) is 0 Å². The van der Waals surface area contributed by atoms with E-state index < -0.39 is 0 Å². The summed E-state index contributed by atoms with van der Waals surface area (Å²) in [7, 11) is 0. The van der Waals surface area contributed by atoms with E-state index in [9.17, 15) is 0 Å². The molecule has 1 saturated carbocycles. The minimum atomic E-state index is 0.696. The van der Waals surface area contributed by atoms with Crippen LogP contribution in [0.4, 0.5) is 0 Å².